The van der Waals surface area contributed by atoms with Crippen molar-refractivity contribution in [3.05, 3.63) is 118 Å². The zero-order valence-corrected chi connectivity index (χ0v) is 21.7. The average Bonchev–Trinajstić information content (AvgIpc) is 3.56. The third kappa shape index (κ3) is 5.39. The molecule has 0 amide bonds. The maximum Gasteiger partial charge on any atom is 0.133 e. The molecule has 6 rings (SSSR count). The zero-order valence-electron chi connectivity index (χ0n) is 20.1. The Hall–Kier alpha value is -3.38. The van der Waals surface area contributed by atoms with Crippen LogP contribution in [0.5, 0.6) is 0 Å². The number of rotatable bonds is 4. The fraction of sp³-hybridized carbons (Fsp3) is 0.161. The van der Waals surface area contributed by atoms with Crippen molar-refractivity contribution >= 4 is 50.0 Å². The maximum absolute atomic E-state index is 9.55. The lowest BCUT2D eigenvalue weighted by molar-refractivity contribution is 0.280. The molecule has 36 heavy (non-hydrogen) atoms. The second kappa shape index (κ2) is 11.1. The summed E-state index contributed by atoms with van der Waals surface area (Å²) in [5.41, 5.74) is 9.01. The van der Waals surface area contributed by atoms with Crippen molar-refractivity contribution in [2.75, 3.05) is 6.54 Å². The third-order valence-corrected chi connectivity index (χ3v) is 6.82. The first-order valence-corrected chi connectivity index (χ1v) is 12.9. The predicted octanol–water partition coefficient (Wildman–Crippen LogP) is 7.93. The monoisotopic (exact) mass is 541 g/mol. The van der Waals surface area contributed by atoms with Gasteiger partial charge in [-0.2, -0.15) is 0 Å². The Balaban J connectivity index is 0.000000186. The number of fused-ring (bicyclic) bond motifs is 3. The molecule has 1 aliphatic heterocycles. The summed E-state index contributed by atoms with van der Waals surface area (Å²) in [5, 5.41) is 15.4. The molecular formula is C31H28BrNO3. The van der Waals surface area contributed by atoms with Crippen molar-refractivity contribution in [3.8, 4) is 0 Å². The number of aliphatic hydroxyl groups is 1. The van der Waals surface area contributed by atoms with Crippen LogP contribution < -0.4 is 5.32 Å². The first kappa shape index (κ1) is 24.3. The van der Waals surface area contributed by atoms with Crippen LogP contribution >= 0.6 is 15.9 Å². The van der Waals surface area contributed by atoms with Crippen molar-refractivity contribution in [2.45, 2.75) is 26.0 Å². The van der Waals surface area contributed by atoms with Crippen LogP contribution in [-0.2, 0) is 13.0 Å². The highest BCUT2D eigenvalue weighted by Gasteiger charge is 2.18. The van der Waals surface area contributed by atoms with E-state index in [4.69, 9.17) is 8.83 Å². The van der Waals surface area contributed by atoms with Crippen LogP contribution in [0.2, 0.25) is 0 Å². The summed E-state index contributed by atoms with van der Waals surface area (Å²) in [4.78, 5) is 1.84. The van der Waals surface area contributed by atoms with E-state index >= 15 is 0 Å². The van der Waals surface area contributed by atoms with E-state index in [0.717, 1.165) is 46.0 Å². The molecule has 1 unspecified atom stereocenters. The molecule has 0 spiro atoms. The molecule has 0 radical (unpaired) electrons. The van der Waals surface area contributed by atoms with Crippen LogP contribution in [0.15, 0.2) is 93.1 Å². The van der Waals surface area contributed by atoms with E-state index in [1.165, 1.54) is 22.3 Å². The number of halogens is 1. The lowest BCUT2D eigenvalue weighted by Gasteiger charge is -2.26. The van der Waals surface area contributed by atoms with Crippen LogP contribution in [0.25, 0.3) is 34.1 Å². The van der Waals surface area contributed by atoms with Crippen LogP contribution in [0, 0.1) is 6.92 Å². The lowest BCUT2D eigenvalue weighted by Crippen LogP contribution is -2.28. The summed E-state index contributed by atoms with van der Waals surface area (Å²) >= 11 is 3.24. The molecule has 182 valence electrons. The van der Waals surface area contributed by atoms with Gasteiger partial charge in [0.2, 0.25) is 0 Å². The number of aryl methyl sites for hydroxylation is 1. The third-order valence-electron chi connectivity index (χ3n) is 6.55. The molecule has 3 aromatic carbocycles. The van der Waals surface area contributed by atoms with E-state index in [1.54, 1.807) is 12.5 Å². The standard InChI is InChI=1S/C21H21NO2.C10H7BrO/c1-14-10-16-6-8-22-20(19(16)12-18(14)13-23)4-2-15-3-5-21-17(11-15)7-9-24-21;11-5-3-8-1-2-10-9(7-8)4-6-12-10/h2-5,7,9-12,20,22-23H,6,8,13H2,1H3;1-7H/b4-2+;5-3+. The summed E-state index contributed by atoms with van der Waals surface area (Å²) in [6.45, 7) is 3.13. The number of furan rings is 2. The minimum atomic E-state index is 0.0900. The number of nitrogens with one attached hydrogen (secondary N) is 1. The van der Waals surface area contributed by atoms with Gasteiger partial charge in [-0.15, -0.1) is 0 Å². The topological polar surface area (TPSA) is 58.5 Å². The maximum atomic E-state index is 9.55. The minimum absolute atomic E-state index is 0.0900. The molecule has 2 aromatic heterocycles. The van der Waals surface area contributed by atoms with E-state index in [1.807, 2.05) is 41.4 Å². The molecule has 3 heterocycles. The number of hydrogen-bond acceptors (Lipinski definition) is 4. The smallest absolute Gasteiger partial charge is 0.133 e. The van der Waals surface area contributed by atoms with Gasteiger partial charge < -0.3 is 19.3 Å². The lowest BCUT2D eigenvalue weighted by atomic mass is 9.90. The van der Waals surface area contributed by atoms with E-state index in [2.05, 4.69) is 70.7 Å². The Morgan fingerprint density at radius 1 is 0.917 bits per heavy atom. The minimum Gasteiger partial charge on any atom is -0.464 e. The molecule has 1 atom stereocenters. The highest BCUT2D eigenvalue weighted by atomic mass is 79.9. The average molecular weight is 542 g/mol. The van der Waals surface area contributed by atoms with Gasteiger partial charge in [0.05, 0.1) is 25.2 Å². The Morgan fingerprint density at radius 3 is 2.22 bits per heavy atom. The van der Waals surface area contributed by atoms with Gasteiger partial charge in [0.1, 0.15) is 11.2 Å². The quantitative estimate of drug-likeness (QED) is 0.242. The van der Waals surface area contributed by atoms with Gasteiger partial charge >= 0.3 is 0 Å². The van der Waals surface area contributed by atoms with Gasteiger partial charge in [0.15, 0.2) is 0 Å². The first-order chi connectivity index (χ1) is 17.6. The fourth-order valence-corrected chi connectivity index (χ4v) is 4.91. The molecule has 0 saturated heterocycles. The fourth-order valence-electron chi connectivity index (χ4n) is 4.61. The number of hydrogen-bond donors (Lipinski definition) is 2. The van der Waals surface area contributed by atoms with E-state index < -0.39 is 0 Å². The highest BCUT2D eigenvalue weighted by molar-refractivity contribution is 9.11. The summed E-state index contributed by atoms with van der Waals surface area (Å²) in [5.74, 6) is 0. The number of benzene rings is 3. The van der Waals surface area contributed by atoms with E-state index in [9.17, 15) is 5.11 Å². The molecule has 4 nitrogen and oxygen atoms in total. The molecule has 1 aliphatic rings. The molecule has 5 heteroatoms. The summed E-state index contributed by atoms with van der Waals surface area (Å²) in [6, 6.07) is 20.8. The molecule has 0 fully saturated rings. The molecule has 2 N–H and O–H groups in total. The predicted molar refractivity (Wildman–Crippen MR) is 151 cm³/mol. The second-order valence-corrected chi connectivity index (χ2v) is 9.43. The Bertz CT molecular complexity index is 1540. The van der Waals surface area contributed by atoms with Gasteiger partial charge in [-0.1, -0.05) is 52.3 Å². The molecule has 0 saturated carbocycles. The van der Waals surface area contributed by atoms with Gasteiger partial charge in [-0.25, -0.2) is 0 Å². The normalized spacial score (nSPS) is 15.5. The summed E-state index contributed by atoms with van der Waals surface area (Å²) < 4.78 is 10.6. The summed E-state index contributed by atoms with van der Waals surface area (Å²) in [7, 11) is 0. The van der Waals surface area contributed by atoms with Crippen molar-refractivity contribution < 1.29 is 13.9 Å². The Labute approximate surface area is 219 Å². The van der Waals surface area contributed by atoms with Crippen LogP contribution in [0.3, 0.4) is 0 Å². The second-order valence-electron chi connectivity index (χ2n) is 8.90. The van der Waals surface area contributed by atoms with Crippen LogP contribution in [0.1, 0.15) is 39.4 Å². The largest absolute Gasteiger partial charge is 0.464 e. The van der Waals surface area contributed by atoms with Crippen molar-refractivity contribution in [1.29, 1.82) is 0 Å². The van der Waals surface area contributed by atoms with Gasteiger partial charge in [-0.05, 0) is 94.2 Å². The Morgan fingerprint density at radius 2 is 1.58 bits per heavy atom. The summed E-state index contributed by atoms with van der Waals surface area (Å²) in [6.07, 6.45) is 10.8. The molecule has 0 aliphatic carbocycles. The van der Waals surface area contributed by atoms with Crippen molar-refractivity contribution in [3.63, 3.8) is 0 Å². The molecular weight excluding hydrogens is 514 g/mol. The highest BCUT2D eigenvalue weighted by Crippen LogP contribution is 2.28. The van der Waals surface area contributed by atoms with Gasteiger partial charge in [-0.3, -0.25) is 0 Å². The van der Waals surface area contributed by atoms with Crippen LogP contribution in [0.4, 0.5) is 0 Å². The van der Waals surface area contributed by atoms with Crippen LogP contribution in [-0.4, -0.2) is 11.7 Å². The number of aliphatic hydroxyl groups excluding tert-OH is 1. The van der Waals surface area contributed by atoms with E-state index in [0.29, 0.717) is 0 Å². The zero-order chi connectivity index (χ0) is 24.9. The molecule has 0 bridgehead atoms. The Kier molecular flexibility index (Phi) is 7.52. The first-order valence-electron chi connectivity index (χ1n) is 12.0. The van der Waals surface area contributed by atoms with Gasteiger partial charge in [0, 0.05) is 17.3 Å². The van der Waals surface area contributed by atoms with Crippen molar-refractivity contribution in [1.82, 2.24) is 5.32 Å². The van der Waals surface area contributed by atoms with Crippen molar-refractivity contribution in [2.24, 2.45) is 0 Å². The van der Waals surface area contributed by atoms with Gasteiger partial charge in [0.25, 0.3) is 0 Å². The molecule has 5 aromatic rings. The van der Waals surface area contributed by atoms with E-state index in [-0.39, 0.29) is 12.6 Å². The SMILES string of the molecule is Br/C=C/c1ccc2occc2c1.Cc1cc2c(cc1CO)C(/C=C/c1ccc3occc3c1)NCC2.